The average Bonchev–Trinajstić information content (AvgIpc) is 2.46. The number of nitrogens with one attached hydrogen (secondary N) is 1. The Hall–Kier alpha value is -0.980. The van der Waals surface area contributed by atoms with Crippen molar-refractivity contribution < 1.29 is 0 Å². The average molecular weight is 305 g/mol. The number of hydrogen-bond donors (Lipinski definition) is 1. The van der Waals surface area contributed by atoms with E-state index in [2.05, 4.69) is 51.2 Å². The third kappa shape index (κ3) is 6.11. The molecule has 0 saturated carbocycles. The van der Waals surface area contributed by atoms with Crippen molar-refractivity contribution in [2.45, 2.75) is 52.1 Å². The molecule has 0 radical (unpaired) electrons. The Morgan fingerprint density at radius 1 is 1.14 bits per heavy atom. The van der Waals surface area contributed by atoms with Crippen molar-refractivity contribution in [2.24, 2.45) is 5.92 Å². The number of benzene rings is 1. The highest BCUT2D eigenvalue weighted by atomic mass is 32.2. The standard InChI is InChI=1S/C18H28N2S/c1-15(2)10-12-21-13-11-18(14-19,20-16(3)4)17-8-6-5-7-9-17/h5-9,15-16,20H,10-13H2,1-4H3. The van der Waals surface area contributed by atoms with E-state index in [1.807, 2.05) is 30.0 Å². The second-order valence-corrected chi connectivity index (χ2v) is 7.45. The van der Waals surface area contributed by atoms with E-state index in [-0.39, 0.29) is 6.04 Å². The molecule has 0 aliphatic heterocycles. The largest absolute Gasteiger partial charge is 0.293 e. The smallest absolute Gasteiger partial charge is 0.133 e. The lowest BCUT2D eigenvalue weighted by Gasteiger charge is -2.30. The fourth-order valence-corrected chi connectivity index (χ4v) is 3.61. The molecule has 0 aliphatic carbocycles. The zero-order valence-corrected chi connectivity index (χ0v) is 14.5. The van der Waals surface area contributed by atoms with Gasteiger partial charge in [0.2, 0.25) is 0 Å². The van der Waals surface area contributed by atoms with Crippen LogP contribution in [-0.4, -0.2) is 17.5 Å². The molecule has 0 amide bonds. The fraction of sp³-hybridized carbons (Fsp3) is 0.611. The molecule has 1 unspecified atom stereocenters. The quantitative estimate of drug-likeness (QED) is 0.679. The first-order chi connectivity index (χ1) is 10.00. The number of thioether (sulfide) groups is 1. The monoisotopic (exact) mass is 304 g/mol. The molecule has 116 valence electrons. The number of nitrogens with zero attached hydrogens (tertiary/aromatic N) is 1. The van der Waals surface area contributed by atoms with Crippen molar-refractivity contribution in [1.29, 1.82) is 5.26 Å². The summed E-state index contributed by atoms with van der Waals surface area (Å²) in [6.07, 6.45) is 2.08. The zero-order chi connectivity index (χ0) is 15.7. The zero-order valence-electron chi connectivity index (χ0n) is 13.7. The lowest BCUT2D eigenvalue weighted by molar-refractivity contribution is 0.378. The molecule has 0 bridgehead atoms. The Morgan fingerprint density at radius 2 is 1.81 bits per heavy atom. The van der Waals surface area contributed by atoms with Gasteiger partial charge in [0.15, 0.2) is 0 Å². The molecule has 2 nitrogen and oxygen atoms in total. The molecule has 1 N–H and O–H groups in total. The summed E-state index contributed by atoms with van der Waals surface area (Å²) >= 11 is 1.95. The Balaban J connectivity index is 2.71. The minimum absolute atomic E-state index is 0.283. The molecule has 21 heavy (non-hydrogen) atoms. The normalized spacial score (nSPS) is 14.1. The van der Waals surface area contributed by atoms with Crippen LogP contribution in [0.2, 0.25) is 0 Å². The summed E-state index contributed by atoms with van der Waals surface area (Å²) in [7, 11) is 0. The van der Waals surface area contributed by atoms with Gasteiger partial charge in [0, 0.05) is 6.04 Å². The van der Waals surface area contributed by atoms with Gasteiger partial charge in [0.1, 0.15) is 5.54 Å². The molecule has 0 heterocycles. The van der Waals surface area contributed by atoms with Gasteiger partial charge in [-0.05, 0) is 49.7 Å². The van der Waals surface area contributed by atoms with Gasteiger partial charge in [-0.15, -0.1) is 0 Å². The highest BCUT2D eigenvalue weighted by Crippen LogP contribution is 2.27. The molecule has 0 aromatic heterocycles. The van der Waals surface area contributed by atoms with E-state index < -0.39 is 5.54 Å². The molecule has 0 saturated heterocycles. The van der Waals surface area contributed by atoms with Gasteiger partial charge in [-0.25, -0.2) is 0 Å². The Morgan fingerprint density at radius 3 is 2.33 bits per heavy atom. The predicted octanol–water partition coefficient (Wildman–Crippen LogP) is 4.57. The lowest BCUT2D eigenvalue weighted by Crippen LogP contribution is -2.45. The van der Waals surface area contributed by atoms with Crippen molar-refractivity contribution >= 4 is 11.8 Å². The first kappa shape index (κ1) is 18.1. The van der Waals surface area contributed by atoms with E-state index >= 15 is 0 Å². The number of rotatable bonds is 9. The SMILES string of the molecule is CC(C)CCSCCC(C#N)(NC(C)C)c1ccccc1. The van der Waals surface area contributed by atoms with Crippen LogP contribution < -0.4 is 5.32 Å². The number of hydrogen-bond acceptors (Lipinski definition) is 3. The summed E-state index contributed by atoms with van der Waals surface area (Å²) < 4.78 is 0. The van der Waals surface area contributed by atoms with Crippen LogP contribution in [0.15, 0.2) is 30.3 Å². The summed E-state index contributed by atoms with van der Waals surface area (Å²) in [5.74, 6) is 2.94. The van der Waals surface area contributed by atoms with Crippen LogP contribution in [0.25, 0.3) is 0 Å². The van der Waals surface area contributed by atoms with Crippen LogP contribution in [-0.2, 0) is 5.54 Å². The maximum absolute atomic E-state index is 9.80. The van der Waals surface area contributed by atoms with E-state index in [4.69, 9.17) is 0 Å². The Bertz CT molecular complexity index is 436. The summed E-state index contributed by atoms with van der Waals surface area (Å²) in [5, 5.41) is 13.3. The maximum Gasteiger partial charge on any atom is 0.133 e. The van der Waals surface area contributed by atoms with E-state index in [0.29, 0.717) is 0 Å². The van der Waals surface area contributed by atoms with Gasteiger partial charge in [-0.2, -0.15) is 17.0 Å². The van der Waals surface area contributed by atoms with Crippen LogP contribution in [0.1, 0.15) is 46.1 Å². The van der Waals surface area contributed by atoms with Crippen LogP contribution in [0.4, 0.5) is 0 Å². The highest BCUT2D eigenvalue weighted by Gasteiger charge is 2.32. The summed E-state index contributed by atoms with van der Waals surface area (Å²) in [4.78, 5) is 0. The lowest BCUT2D eigenvalue weighted by atomic mass is 9.88. The van der Waals surface area contributed by atoms with Crippen molar-refractivity contribution in [1.82, 2.24) is 5.32 Å². The molecule has 1 aromatic carbocycles. The fourth-order valence-electron chi connectivity index (χ4n) is 2.31. The van der Waals surface area contributed by atoms with Gasteiger partial charge in [-0.1, -0.05) is 44.2 Å². The molecule has 1 atom stereocenters. The van der Waals surface area contributed by atoms with Gasteiger partial charge in [-0.3, -0.25) is 5.32 Å². The first-order valence-electron chi connectivity index (χ1n) is 7.82. The summed E-state index contributed by atoms with van der Waals surface area (Å²) in [6.45, 7) is 8.71. The van der Waals surface area contributed by atoms with Gasteiger partial charge in [0.05, 0.1) is 6.07 Å². The third-order valence-corrected chi connectivity index (χ3v) is 4.47. The summed E-state index contributed by atoms with van der Waals surface area (Å²) in [6, 6.07) is 12.9. The molecule has 0 aliphatic rings. The highest BCUT2D eigenvalue weighted by molar-refractivity contribution is 7.99. The minimum atomic E-state index is -0.569. The van der Waals surface area contributed by atoms with E-state index in [1.54, 1.807) is 0 Å². The molecule has 1 rings (SSSR count). The second-order valence-electron chi connectivity index (χ2n) is 6.23. The van der Waals surface area contributed by atoms with E-state index in [0.717, 1.165) is 23.7 Å². The second kappa shape index (κ2) is 9.12. The first-order valence-corrected chi connectivity index (χ1v) is 8.98. The third-order valence-electron chi connectivity index (χ3n) is 3.45. The summed E-state index contributed by atoms with van der Waals surface area (Å²) in [5.41, 5.74) is 0.505. The molecule has 3 heteroatoms. The maximum atomic E-state index is 9.80. The molecule has 0 fully saturated rings. The van der Waals surface area contributed by atoms with Gasteiger partial charge in [0.25, 0.3) is 0 Å². The van der Waals surface area contributed by atoms with Gasteiger partial charge < -0.3 is 0 Å². The molecular weight excluding hydrogens is 276 g/mol. The Labute approximate surface area is 134 Å². The van der Waals surface area contributed by atoms with Gasteiger partial charge >= 0.3 is 0 Å². The van der Waals surface area contributed by atoms with Crippen molar-refractivity contribution in [2.75, 3.05) is 11.5 Å². The van der Waals surface area contributed by atoms with Crippen LogP contribution in [0.3, 0.4) is 0 Å². The van der Waals surface area contributed by atoms with E-state index in [1.165, 1.54) is 12.2 Å². The molecule has 0 spiro atoms. The predicted molar refractivity (Wildman–Crippen MR) is 93.4 cm³/mol. The molecule has 1 aromatic rings. The molecular formula is C18H28N2S. The van der Waals surface area contributed by atoms with Crippen LogP contribution in [0, 0.1) is 17.2 Å². The Kier molecular flexibility index (Phi) is 7.85. The van der Waals surface area contributed by atoms with Crippen LogP contribution in [0.5, 0.6) is 0 Å². The van der Waals surface area contributed by atoms with Crippen LogP contribution >= 0.6 is 11.8 Å². The topological polar surface area (TPSA) is 35.8 Å². The minimum Gasteiger partial charge on any atom is -0.293 e. The van der Waals surface area contributed by atoms with Crippen molar-refractivity contribution in [3.05, 3.63) is 35.9 Å². The van der Waals surface area contributed by atoms with Crippen molar-refractivity contribution in [3.63, 3.8) is 0 Å². The van der Waals surface area contributed by atoms with Crippen molar-refractivity contribution in [3.8, 4) is 6.07 Å². The number of nitriles is 1. The van der Waals surface area contributed by atoms with E-state index in [9.17, 15) is 5.26 Å².